The van der Waals surface area contributed by atoms with E-state index in [4.69, 9.17) is 17.2 Å². The summed E-state index contributed by atoms with van der Waals surface area (Å²) in [4.78, 5) is 279. The number of carboxylic acid groups (broad SMARTS) is 2. The Morgan fingerprint density at radius 2 is 1.01 bits per heavy atom. The molecule has 0 radical (unpaired) electrons. The van der Waals surface area contributed by atoms with Crippen molar-refractivity contribution in [1.82, 2.24) is 99.3 Å². The van der Waals surface area contributed by atoms with E-state index >= 15 is 0 Å². The number of nitrogens with two attached hydrogens (primary N) is 3. The normalized spacial score (nSPS) is 27.6. The van der Waals surface area contributed by atoms with Gasteiger partial charge in [0.05, 0.1) is 38.6 Å². The Balaban J connectivity index is 1.67. The first-order valence-corrected chi connectivity index (χ1v) is 40.2. The smallest absolute Gasteiger partial charge is 0.305 e. The Morgan fingerprint density at radius 3 is 1.55 bits per heavy atom. The van der Waals surface area contributed by atoms with Crippen LogP contribution in [0.1, 0.15) is 97.9 Å². The zero-order valence-electron chi connectivity index (χ0n) is 61.7. The van der Waals surface area contributed by atoms with Crippen molar-refractivity contribution in [2.75, 3.05) is 42.7 Å². The molecule has 0 saturated carbocycles. The number of H-pyrrole nitrogens is 2. The van der Waals surface area contributed by atoms with Gasteiger partial charge >= 0.3 is 11.9 Å². The van der Waals surface area contributed by atoms with E-state index < -0.39 is 283 Å². The van der Waals surface area contributed by atoms with Crippen molar-refractivity contribution >= 4 is 156 Å². The van der Waals surface area contributed by atoms with Crippen molar-refractivity contribution in [2.24, 2.45) is 29.0 Å². The number of aromatic nitrogens is 4. The van der Waals surface area contributed by atoms with Crippen molar-refractivity contribution < 1.29 is 106 Å². The van der Waals surface area contributed by atoms with Gasteiger partial charge in [-0.1, -0.05) is 77.3 Å². The second-order valence-electron chi connectivity index (χ2n) is 26.6. The summed E-state index contributed by atoms with van der Waals surface area (Å²) in [7, 11) is 3.04. The van der Waals surface area contributed by atoms with Crippen LogP contribution in [-0.4, -0.2) is 286 Å². The summed E-state index contributed by atoms with van der Waals surface area (Å²) in [6, 6.07) is -25.7. The van der Waals surface area contributed by atoms with Gasteiger partial charge < -0.3 is 122 Å². The molecule has 5 rings (SSSR count). The molecule has 0 aromatic carbocycles. The predicted octanol–water partition coefficient (Wildman–Crippen LogP) is -9.12. The summed E-state index contributed by atoms with van der Waals surface area (Å²) < 4.78 is 0. The summed E-state index contributed by atoms with van der Waals surface area (Å²) in [5, 5.41) is 64.3. The second kappa shape index (κ2) is 45.2. The molecule has 2 aromatic heterocycles. The number of amides is 17. The van der Waals surface area contributed by atoms with Crippen LogP contribution in [-0.2, 0) is 104 Å². The van der Waals surface area contributed by atoms with E-state index in [0.717, 1.165) is 48.1 Å². The van der Waals surface area contributed by atoms with Crippen molar-refractivity contribution in [3.63, 3.8) is 0 Å². The van der Waals surface area contributed by atoms with Crippen LogP contribution >= 0.6 is 43.2 Å². The standard InChI is InChI=1S/C64H96N22O22S4/c1-7-28(4)49-63(107)81-39(50(67)94)21-109-111-24-42-60(104)80-38(20-87)57(101)76-34(13-31-18-68-25-70-31)54(98)73-29(5)51(95)72-30(6)52(96)82-41(23-112-110-22-40(58(102)83-42)74-45(89)17-65)59(103)77-35(15-44(66)88)56(100)84-48(27(2)3)62(106)78-36(16-47(92)93)55(99)79-37(14-32-19-69-26-71-32)64(108)86-12-8-9-43(86)61(105)75-33(53(97)85-49)10-11-46(90)91/h18-19,25-30,33-43,48-49,87H,7-17,20-24,65H2,1-6H3,(H2,66,88)(H2,67,94)(H,68,70)(H,69,71)(H,72,95)(H,73,98)(H,74,89)(H,75,105)(H,76,101)(H,77,103)(H,78,106)(H,79,99)(H,80,104)(H,81,107)(H,82,96)(H,83,102)(H,84,100)(H,85,97)(H,90,91)(H,92,93)/t28-,29-,30-,33-,34-,35-,36-,37-,38-,39-,40-,41-,42-,43-,48-,49-/m0/s1. The predicted molar refractivity (Wildman–Crippen MR) is 400 cm³/mol. The number of carbonyl (C=O) groups is 19. The molecule has 25 N–H and O–H groups in total. The Bertz CT molecular complexity index is 3730. The Morgan fingerprint density at radius 1 is 0.536 bits per heavy atom. The fraction of sp³-hybridized carbons (Fsp3) is 0.609. The van der Waals surface area contributed by atoms with E-state index in [-0.39, 0.29) is 43.6 Å². The molecule has 0 aliphatic carbocycles. The van der Waals surface area contributed by atoms with Crippen LogP contribution in [0, 0.1) is 11.8 Å². The molecule has 5 heterocycles. The van der Waals surface area contributed by atoms with Gasteiger partial charge in [-0.05, 0) is 44.9 Å². The molecular weight excluding hydrogens is 1560 g/mol. The van der Waals surface area contributed by atoms with E-state index in [2.05, 4.69) is 94.4 Å². The lowest BCUT2D eigenvalue weighted by atomic mass is 9.97. The van der Waals surface area contributed by atoms with Crippen molar-refractivity contribution in [1.29, 1.82) is 0 Å². The molecule has 17 amide bonds. The van der Waals surface area contributed by atoms with E-state index in [1.54, 1.807) is 6.92 Å². The first-order chi connectivity index (χ1) is 52.9. The Hall–Kier alpha value is -10.3. The molecule has 0 spiro atoms. The minimum atomic E-state index is -2.07. The summed E-state index contributed by atoms with van der Waals surface area (Å²) in [6.07, 6.45) is 1.00. The largest absolute Gasteiger partial charge is 0.481 e. The van der Waals surface area contributed by atoms with Crippen LogP contribution in [0.2, 0.25) is 0 Å². The Labute approximate surface area is 656 Å². The highest BCUT2D eigenvalue weighted by molar-refractivity contribution is 8.77. The quantitative estimate of drug-likeness (QED) is 0.0616. The number of aliphatic carboxylic acids is 2. The average molecular weight is 1650 g/mol. The number of carbonyl (C=O) groups excluding carboxylic acids is 17. The summed E-state index contributed by atoms with van der Waals surface area (Å²) >= 11 is 0. The summed E-state index contributed by atoms with van der Waals surface area (Å²) in [6.45, 7) is 6.32. The van der Waals surface area contributed by atoms with E-state index in [0.29, 0.717) is 0 Å². The van der Waals surface area contributed by atoms with Gasteiger partial charge in [-0.2, -0.15) is 0 Å². The SMILES string of the molecule is CC[C@H](C)[C@@H]1NC(=O)[C@H](CCC(=O)O)NC(=O)[C@@H]2CCCN2C(=O)[C@H](Cc2cnc[nH]2)NC(=O)[C@H](CC(=O)O)NC(=O)[C@H](C(C)C)NC(=O)[C@H](CC(N)=O)NC(=O)[C@@H]2CSSC[C@H](NC(=O)CN)C(=O)N[C@@H](CSSC[C@@H](C(N)=O)NC1=O)C(=O)N[C@@H](CO)C(=O)N[C@@H](Cc1cnc[nH]1)C(=O)N[C@@H](C)C(=O)N[C@@H](C)C(=O)N2. The topological polar surface area (TPSA) is 692 Å². The zero-order chi connectivity index (χ0) is 83.2. The number of primary amides is 2. The lowest BCUT2D eigenvalue weighted by Gasteiger charge is -2.31. The third-order valence-corrected chi connectivity index (χ3v) is 22.4. The minimum absolute atomic E-state index is 0.0745. The molecule has 2 aromatic rings. The van der Waals surface area contributed by atoms with Crippen molar-refractivity contribution in [2.45, 2.75) is 190 Å². The molecular formula is C64H96N22O22S4. The van der Waals surface area contributed by atoms with E-state index in [1.807, 2.05) is 0 Å². The monoisotopic (exact) mass is 1650 g/mol. The molecule has 3 aliphatic rings. The Kier molecular flexibility index (Phi) is 37.3. The molecule has 3 fully saturated rings. The molecule has 2 bridgehead atoms. The van der Waals surface area contributed by atoms with Gasteiger partial charge in [-0.25, -0.2) is 9.97 Å². The number of fused-ring (bicyclic) bond motifs is 9. The lowest BCUT2D eigenvalue weighted by Crippen LogP contribution is -2.62. The van der Waals surface area contributed by atoms with Crippen LogP contribution in [0.5, 0.6) is 0 Å². The zero-order valence-corrected chi connectivity index (χ0v) is 65.0. The fourth-order valence-corrected chi connectivity index (χ4v) is 15.8. The highest BCUT2D eigenvalue weighted by Gasteiger charge is 2.43. The maximum atomic E-state index is 14.9. The third-order valence-electron chi connectivity index (χ3n) is 17.6. The number of hydrogen-bond acceptors (Lipinski definition) is 27. The molecule has 44 nitrogen and oxygen atoms in total. The van der Waals surface area contributed by atoms with Crippen LogP contribution in [0.4, 0.5) is 0 Å². The second-order valence-corrected chi connectivity index (χ2v) is 31.7. The number of aliphatic hydroxyl groups is 1. The van der Waals surface area contributed by atoms with Crippen LogP contribution in [0.15, 0.2) is 25.0 Å². The van der Waals surface area contributed by atoms with Gasteiger partial charge in [0.15, 0.2) is 0 Å². The number of nitrogens with one attached hydrogen (secondary N) is 16. The molecule has 16 atom stereocenters. The summed E-state index contributed by atoms with van der Waals surface area (Å²) in [5.41, 5.74) is 17.5. The van der Waals surface area contributed by atoms with Gasteiger partial charge in [-0.3, -0.25) is 91.1 Å². The lowest BCUT2D eigenvalue weighted by molar-refractivity contribution is -0.144. The average Bonchev–Trinajstić information content (AvgIpc) is 1.61. The molecule has 618 valence electrons. The maximum Gasteiger partial charge on any atom is 0.305 e. The van der Waals surface area contributed by atoms with Gasteiger partial charge in [-0.15, -0.1) is 0 Å². The minimum Gasteiger partial charge on any atom is -0.481 e. The third kappa shape index (κ3) is 29.1. The van der Waals surface area contributed by atoms with Crippen molar-refractivity contribution in [3.8, 4) is 0 Å². The van der Waals surface area contributed by atoms with Gasteiger partial charge in [0.25, 0.3) is 0 Å². The molecule has 112 heavy (non-hydrogen) atoms. The highest BCUT2D eigenvalue weighted by Crippen LogP contribution is 2.27. The molecule has 3 saturated heterocycles. The van der Waals surface area contributed by atoms with Crippen LogP contribution in [0.25, 0.3) is 0 Å². The van der Waals surface area contributed by atoms with Crippen LogP contribution in [0.3, 0.4) is 0 Å². The number of aromatic amines is 2. The van der Waals surface area contributed by atoms with Crippen LogP contribution < -0.4 is 91.6 Å². The number of rotatable bonds is 18. The van der Waals surface area contributed by atoms with Gasteiger partial charge in [0, 0.05) is 72.6 Å². The van der Waals surface area contributed by atoms with Crippen molar-refractivity contribution in [3.05, 3.63) is 36.4 Å². The molecule has 48 heteroatoms. The fourth-order valence-electron chi connectivity index (χ4n) is 11.1. The molecule has 3 aliphatic heterocycles. The molecule has 0 unspecified atom stereocenters. The van der Waals surface area contributed by atoms with E-state index in [1.165, 1.54) is 59.7 Å². The first kappa shape index (κ1) is 92.3. The number of nitrogens with zero attached hydrogens (tertiary/aromatic N) is 3. The number of aliphatic hydroxyl groups excluding tert-OH is 1. The number of carboxylic acids is 2. The first-order valence-electron chi connectivity index (χ1n) is 35.3. The number of hydrogen-bond donors (Lipinski definition) is 22. The van der Waals surface area contributed by atoms with Gasteiger partial charge in [0.2, 0.25) is 100 Å². The number of imidazole rings is 2. The van der Waals surface area contributed by atoms with Gasteiger partial charge in [0.1, 0.15) is 90.6 Å². The van der Waals surface area contributed by atoms with E-state index in [9.17, 15) is 106 Å². The highest BCUT2D eigenvalue weighted by atomic mass is 33.1. The maximum absolute atomic E-state index is 14.9. The summed E-state index contributed by atoms with van der Waals surface area (Å²) in [5.74, 6) is -25.9.